The fourth-order valence-corrected chi connectivity index (χ4v) is 4.10. The summed E-state index contributed by atoms with van der Waals surface area (Å²) in [6.07, 6.45) is 2.62. The highest BCUT2D eigenvalue weighted by atomic mass is 32.2. The second-order valence-corrected chi connectivity index (χ2v) is 7.12. The van der Waals surface area contributed by atoms with E-state index in [0.717, 1.165) is 17.7 Å². The molecule has 1 aromatic heterocycles. The Hall–Kier alpha value is -2.60. The van der Waals surface area contributed by atoms with Crippen molar-refractivity contribution in [2.45, 2.75) is 23.9 Å². The molecule has 4 rings (SSSR count). The average Bonchev–Trinajstić information content (AvgIpc) is 3.11. The SMILES string of the molecule is O=C(N[C@H]1CCSc2ccccc21)c1cn(Cc2ccccc2)nn1. The molecule has 0 aliphatic carbocycles. The minimum absolute atomic E-state index is 0.0317. The number of nitrogens with zero attached hydrogens (tertiary/aromatic N) is 3. The highest BCUT2D eigenvalue weighted by molar-refractivity contribution is 7.99. The number of hydrogen-bond donors (Lipinski definition) is 1. The Morgan fingerprint density at radius 2 is 1.96 bits per heavy atom. The Labute approximate surface area is 150 Å². The van der Waals surface area contributed by atoms with Crippen LogP contribution in [0.5, 0.6) is 0 Å². The van der Waals surface area contributed by atoms with E-state index in [4.69, 9.17) is 0 Å². The van der Waals surface area contributed by atoms with Crippen molar-refractivity contribution in [2.24, 2.45) is 0 Å². The highest BCUT2D eigenvalue weighted by Gasteiger charge is 2.23. The molecular formula is C19H18N4OS. The fourth-order valence-electron chi connectivity index (χ4n) is 2.97. The van der Waals surface area contributed by atoms with Crippen LogP contribution in [0.25, 0.3) is 0 Å². The fraction of sp³-hybridized carbons (Fsp3) is 0.211. The molecule has 1 aliphatic heterocycles. The zero-order valence-electron chi connectivity index (χ0n) is 13.6. The molecule has 2 aromatic carbocycles. The highest BCUT2D eigenvalue weighted by Crippen LogP contribution is 2.35. The zero-order valence-corrected chi connectivity index (χ0v) is 14.4. The minimum atomic E-state index is -0.175. The number of carbonyl (C=O) groups excluding carboxylic acids is 1. The number of hydrogen-bond acceptors (Lipinski definition) is 4. The molecule has 126 valence electrons. The number of benzene rings is 2. The summed E-state index contributed by atoms with van der Waals surface area (Å²) in [5, 5.41) is 11.2. The van der Waals surface area contributed by atoms with Gasteiger partial charge >= 0.3 is 0 Å². The zero-order chi connectivity index (χ0) is 17.1. The molecule has 5 nitrogen and oxygen atoms in total. The maximum Gasteiger partial charge on any atom is 0.273 e. The van der Waals surface area contributed by atoms with Gasteiger partial charge in [0.15, 0.2) is 5.69 Å². The summed E-state index contributed by atoms with van der Waals surface area (Å²) >= 11 is 1.84. The van der Waals surface area contributed by atoms with E-state index in [0.29, 0.717) is 12.2 Å². The molecule has 0 unspecified atom stereocenters. The minimum Gasteiger partial charge on any atom is -0.344 e. The summed E-state index contributed by atoms with van der Waals surface area (Å²) in [7, 11) is 0. The van der Waals surface area contributed by atoms with Crippen molar-refractivity contribution in [1.29, 1.82) is 0 Å². The summed E-state index contributed by atoms with van der Waals surface area (Å²) in [6.45, 7) is 0.601. The van der Waals surface area contributed by atoms with Gasteiger partial charge in [-0.05, 0) is 23.6 Å². The summed E-state index contributed by atoms with van der Waals surface area (Å²) in [6, 6.07) is 18.3. The number of fused-ring (bicyclic) bond motifs is 1. The van der Waals surface area contributed by atoms with Gasteiger partial charge in [-0.15, -0.1) is 16.9 Å². The van der Waals surface area contributed by atoms with E-state index in [-0.39, 0.29) is 11.9 Å². The topological polar surface area (TPSA) is 59.8 Å². The van der Waals surface area contributed by atoms with Crippen LogP contribution in [-0.2, 0) is 6.54 Å². The largest absolute Gasteiger partial charge is 0.344 e. The molecule has 0 saturated heterocycles. The van der Waals surface area contributed by atoms with Crippen LogP contribution >= 0.6 is 11.8 Å². The van der Waals surface area contributed by atoms with Crippen LogP contribution < -0.4 is 5.32 Å². The van der Waals surface area contributed by atoms with Gasteiger partial charge in [0.05, 0.1) is 18.8 Å². The Morgan fingerprint density at radius 3 is 2.84 bits per heavy atom. The van der Waals surface area contributed by atoms with E-state index in [1.165, 1.54) is 10.5 Å². The molecule has 1 aliphatic rings. The molecule has 2 heterocycles. The van der Waals surface area contributed by atoms with Crippen molar-refractivity contribution in [2.75, 3.05) is 5.75 Å². The number of amides is 1. The smallest absolute Gasteiger partial charge is 0.273 e. The number of thioether (sulfide) groups is 1. The Balaban J connectivity index is 1.46. The number of carbonyl (C=O) groups is 1. The Bertz CT molecular complexity index is 878. The van der Waals surface area contributed by atoms with Gasteiger partial charge in [-0.2, -0.15) is 0 Å². The van der Waals surface area contributed by atoms with E-state index in [9.17, 15) is 4.79 Å². The predicted molar refractivity (Wildman–Crippen MR) is 97.6 cm³/mol. The van der Waals surface area contributed by atoms with Crippen LogP contribution in [0, 0.1) is 0 Å². The van der Waals surface area contributed by atoms with Crippen LogP contribution in [0.4, 0.5) is 0 Å². The molecular weight excluding hydrogens is 332 g/mol. The quantitative estimate of drug-likeness (QED) is 0.784. The van der Waals surface area contributed by atoms with Gasteiger partial charge in [-0.25, -0.2) is 4.68 Å². The van der Waals surface area contributed by atoms with Gasteiger partial charge < -0.3 is 5.32 Å². The summed E-state index contributed by atoms with van der Waals surface area (Å²) in [5.74, 6) is 0.828. The second kappa shape index (κ2) is 7.11. The number of rotatable bonds is 4. The van der Waals surface area contributed by atoms with E-state index >= 15 is 0 Å². The van der Waals surface area contributed by atoms with Gasteiger partial charge in [0, 0.05) is 10.6 Å². The lowest BCUT2D eigenvalue weighted by Crippen LogP contribution is -2.30. The molecule has 0 spiro atoms. The predicted octanol–water partition coefficient (Wildman–Crippen LogP) is 3.29. The number of aromatic nitrogens is 3. The third-order valence-electron chi connectivity index (χ3n) is 4.22. The Morgan fingerprint density at radius 1 is 1.16 bits per heavy atom. The van der Waals surface area contributed by atoms with Gasteiger partial charge in [-0.1, -0.05) is 53.7 Å². The van der Waals surface area contributed by atoms with Crippen molar-refractivity contribution in [3.63, 3.8) is 0 Å². The first kappa shape index (κ1) is 15.9. The first-order valence-electron chi connectivity index (χ1n) is 8.26. The molecule has 6 heteroatoms. The summed E-state index contributed by atoms with van der Waals surface area (Å²) in [4.78, 5) is 13.8. The van der Waals surface area contributed by atoms with Crippen LogP contribution in [0.1, 0.15) is 34.1 Å². The van der Waals surface area contributed by atoms with Gasteiger partial charge in [0.1, 0.15) is 0 Å². The molecule has 1 amide bonds. The lowest BCUT2D eigenvalue weighted by Gasteiger charge is -2.25. The number of nitrogens with one attached hydrogen (secondary N) is 1. The second-order valence-electron chi connectivity index (χ2n) is 5.99. The monoisotopic (exact) mass is 350 g/mol. The third-order valence-corrected chi connectivity index (χ3v) is 5.35. The molecule has 0 bridgehead atoms. The van der Waals surface area contributed by atoms with Gasteiger partial charge in [-0.3, -0.25) is 4.79 Å². The van der Waals surface area contributed by atoms with Crippen molar-refractivity contribution in [3.8, 4) is 0 Å². The average molecular weight is 350 g/mol. The summed E-state index contributed by atoms with van der Waals surface area (Å²) < 4.78 is 1.69. The molecule has 0 radical (unpaired) electrons. The molecule has 25 heavy (non-hydrogen) atoms. The summed E-state index contributed by atoms with van der Waals surface area (Å²) in [5.41, 5.74) is 2.66. The van der Waals surface area contributed by atoms with E-state index in [1.54, 1.807) is 10.9 Å². The van der Waals surface area contributed by atoms with Crippen LogP contribution in [0.3, 0.4) is 0 Å². The lowest BCUT2D eigenvalue weighted by atomic mass is 10.0. The van der Waals surface area contributed by atoms with E-state index < -0.39 is 0 Å². The van der Waals surface area contributed by atoms with Crippen molar-refractivity contribution in [3.05, 3.63) is 77.6 Å². The van der Waals surface area contributed by atoms with Crippen LogP contribution in [0.15, 0.2) is 65.7 Å². The van der Waals surface area contributed by atoms with Crippen molar-refractivity contribution in [1.82, 2.24) is 20.3 Å². The standard InChI is InChI=1S/C19H18N4OS/c24-19(20-16-10-11-25-18-9-5-4-8-15(16)18)17-13-23(22-21-17)12-14-6-2-1-3-7-14/h1-9,13,16H,10-12H2,(H,20,24)/t16-/m0/s1. The van der Waals surface area contributed by atoms with Gasteiger partial charge in [0.2, 0.25) is 0 Å². The van der Waals surface area contributed by atoms with Crippen LogP contribution in [-0.4, -0.2) is 26.7 Å². The van der Waals surface area contributed by atoms with Crippen LogP contribution in [0.2, 0.25) is 0 Å². The normalized spacial score (nSPS) is 16.2. The lowest BCUT2D eigenvalue weighted by molar-refractivity contribution is 0.0930. The van der Waals surface area contributed by atoms with E-state index in [2.05, 4.69) is 27.8 Å². The third kappa shape index (κ3) is 3.58. The maximum absolute atomic E-state index is 12.6. The van der Waals surface area contributed by atoms with Crippen molar-refractivity contribution >= 4 is 17.7 Å². The van der Waals surface area contributed by atoms with E-state index in [1.807, 2.05) is 54.2 Å². The maximum atomic E-state index is 12.6. The first-order valence-corrected chi connectivity index (χ1v) is 9.25. The Kier molecular flexibility index (Phi) is 4.52. The molecule has 3 aromatic rings. The van der Waals surface area contributed by atoms with Crippen molar-refractivity contribution < 1.29 is 4.79 Å². The molecule has 1 atom stereocenters. The molecule has 0 fully saturated rings. The molecule has 1 N–H and O–H groups in total. The molecule has 0 saturated carbocycles. The first-order chi connectivity index (χ1) is 12.3. The van der Waals surface area contributed by atoms with Gasteiger partial charge in [0.25, 0.3) is 5.91 Å².